The highest BCUT2D eigenvalue weighted by molar-refractivity contribution is 5.79. The average Bonchev–Trinajstić information content (AvgIpc) is 3.00. The summed E-state index contributed by atoms with van der Waals surface area (Å²) in [6.07, 6.45) is 5.28. The molecule has 3 rings (SSSR count). The van der Waals surface area contributed by atoms with E-state index in [0.29, 0.717) is 5.56 Å². The molecule has 1 N–H and O–H groups in total. The molecule has 0 aliphatic carbocycles. The fraction of sp³-hybridized carbons (Fsp3) is 0.263. The molecular formula is C19H20N4O. The lowest BCUT2D eigenvalue weighted by molar-refractivity contribution is -0.115. The Kier molecular flexibility index (Phi) is 5.22. The molecule has 0 spiro atoms. The molecule has 0 radical (unpaired) electrons. The summed E-state index contributed by atoms with van der Waals surface area (Å²) in [6.45, 7) is 0. The van der Waals surface area contributed by atoms with Crippen molar-refractivity contribution in [1.29, 1.82) is 5.26 Å². The normalized spacial score (nSPS) is 17.2. The third kappa shape index (κ3) is 3.80. The Morgan fingerprint density at radius 1 is 1.04 bits per heavy atom. The highest BCUT2D eigenvalue weighted by Crippen LogP contribution is 2.23. The number of aliphatic imine (C=N–C) groups is 1. The Balaban J connectivity index is 1.48. The van der Waals surface area contributed by atoms with Crippen molar-refractivity contribution < 1.29 is 5.21 Å². The number of hydrogen-bond acceptors (Lipinski definition) is 5. The van der Waals surface area contributed by atoms with Crippen LogP contribution in [0.25, 0.3) is 0 Å². The van der Waals surface area contributed by atoms with E-state index in [0.717, 1.165) is 36.5 Å². The molecular weight excluding hydrogens is 300 g/mol. The van der Waals surface area contributed by atoms with E-state index in [4.69, 9.17) is 5.26 Å². The minimum atomic E-state index is -0.253. The van der Waals surface area contributed by atoms with Crippen LogP contribution in [0.2, 0.25) is 0 Å². The molecule has 1 unspecified atom stereocenters. The molecule has 0 aromatic heterocycles. The fourth-order valence-corrected chi connectivity index (χ4v) is 2.76. The van der Waals surface area contributed by atoms with Crippen molar-refractivity contribution in [1.82, 2.24) is 5.17 Å². The van der Waals surface area contributed by atoms with Gasteiger partial charge < -0.3 is 0 Å². The molecule has 1 aliphatic heterocycles. The highest BCUT2D eigenvalue weighted by atomic mass is 16.6. The maximum atomic E-state index is 10.3. The van der Waals surface area contributed by atoms with E-state index in [-0.39, 0.29) is 6.17 Å². The van der Waals surface area contributed by atoms with Gasteiger partial charge in [0.1, 0.15) is 12.5 Å². The minimum absolute atomic E-state index is 0.253. The van der Waals surface area contributed by atoms with E-state index in [1.807, 2.05) is 6.07 Å². The van der Waals surface area contributed by atoms with E-state index in [2.05, 4.69) is 35.3 Å². The van der Waals surface area contributed by atoms with Crippen LogP contribution in [-0.2, 0) is 6.42 Å². The Morgan fingerprint density at radius 3 is 2.50 bits per heavy atom. The number of hydrogen-bond donors (Lipinski definition) is 1. The number of aryl methyl sites for hydroxylation is 1. The topological polar surface area (TPSA) is 62.9 Å². The molecule has 0 saturated heterocycles. The summed E-state index contributed by atoms with van der Waals surface area (Å²) in [6, 6.07) is 19.5. The monoisotopic (exact) mass is 320 g/mol. The lowest BCUT2D eigenvalue weighted by Gasteiger charge is -2.25. The van der Waals surface area contributed by atoms with Crippen molar-refractivity contribution >= 4 is 12.0 Å². The molecule has 1 heterocycles. The van der Waals surface area contributed by atoms with Crippen molar-refractivity contribution in [2.24, 2.45) is 4.99 Å². The third-order valence-corrected chi connectivity index (χ3v) is 4.12. The number of unbranched alkanes of at least 4 members (excludes halogenated alkanes) is 1. The molecule has 1 aliphatic rings. The Labute approximate surface area is 142 Å². The van der Waals surface area contributed by atoms with Crippen LogP contribution >= 0.6 is 0 Å². The van der Waals surface area contributed by atoms with Crippen LogP contribution < -0.4 is 5.01 Å². The number of nitrogens with zero attached hydrogens (tertiary/aromatic N) is 4. The largest absolute Gasteiger partial charge is 0.292 e. The molecule has 5 nitrogen and oxygen atoms in total. The van der Waals surface area contributed by atoms with E-state index in [1.165, 1.54) is 5.56 Å². The number of anilines is 1. The summed E-state index contributed by atoms with van der Waals surface area (Å²) in [5, 5.41) is 21.9. The quantitative estimate of drug-likeness (QED) is 0.823. The van der Waals surface area contributed by atoms with Crippen LogP contribution in [-0.4, -0.2) is 22.9 Å². The zero-order valence-corrected chi connectivity index (χ0v) is 13.4. The molecule has 5 heteroatoms. The van der Waals surface area contributed by atoms with E-state index in [9.17, 15) is 5.21 Å². The van der Waals surface area contributed by atoms with Crippen molar-refractivity contribution in [3.8, 4) is 6.07 Å². The molecule has 0 saturated carbocycles. The van der Waals surface area contributed by atoms with Gasteiger partial charge in [-0.2, -0.15) is 5.26 Å². The Bertz CT molecular complexity index is 721. The van der Waals surface area contributed by atoms with Crippen LogP contribution in [0.1, 0.15) is 30.4 Å². The van der Waals surface area contributed by atoms with Gasteiger partial charge >= 0.3 is 0 Å². The predicted octanol–water partition coefficient (Wildman–Crippen LogP) is 3.75. The van der Waals surface area contributed by atoms with Gasteiger partial charge in [-0.15, -0.1) is 0 Å². The summed E-state index contributed by atoms with van der Waals surface area (Å²) in [4.78, 5) is 4.37. The summed E-state index contributed by atoms with van der Waals surface area (Å²) in [7, 11) is 0. The van der Waals surface area contributed by atoms with Crippen LogP contribution in [0.3, 0.4) is 0 Å². The predicted molar refractivity (Wildman–Crippen MR) is 93.5 cm³/mol. The first-order valence-electron chi connectivity index (χ1n) is 8.12. The molecule has 122 valence electrons. The van der Waals surface area contributed by atoms with Gasteiger partial charge in [-0.3, -0.25) is 10.2 Å². The van der Waals surface area contributed by atoms with Crippen molar-refractivity contribution in [2.45, 2.75) is 31.8 Å². The number of benzene rings is 2. The van der Waals surface area contributed by atoms with Crippen molar-refractivity contribution in [2.75, 3.05) is 5.01 Å². The molecule has 0 fully saturated rings. The first kappa shape index (κ1) is 16.2. The minimum Gasteiger partial charge on any atom is -0.292 e. The smallest absolute Gasteiger partial charge is 0.148 e. The summed E-state index contributed by atoms with van der Waals surface area (Å²) >= 11 is 0. The van der Waals surface area contributed by atoms with Gasteiger partial charge in [-0.25, -0.2) is 5.01 Å². The van der Waals surface area contributed by atoms with Crippen LogP contribution in [0.5, 0.6) is 0 Å². The van der Waals surface area contributed by atoms with E-state index < -0.39 is 0 Å². The number of hydroxylamine groups is 1. The first-order chi connectivity index (χ1) is 11.8. The maximum Gasteiger partial charge on any atom is 0.148 e. The number of hydrazine groups is 1. The zero-order valence-electron chi connectivity index (χ0n) is 13.4. The van der Waals surface area contributed by atoms with Gasteiger partial charge in [0.05, 0.1) is 17.3 Å². The SMILES string of the molecule is N#Cc1ccc(N2C=NC(CCCCc3ccccc3)N2O)cc1. The summed E-state index contributed by atoms with van der Waals surface area (Å²) < 4.78 is 0. The molecule has 0 amide bonds. The Morgan fingerprint density at radius 2 is 1.79 bits per heavy atom. The molecule has 1 atom stereocenters. The van der Waals surface area contributed by atoms with Crippen molar-refractivity contribution in [3.63, 3.8) is 0 Å². The van der Waals surface area contributed by atoms with Gasteiger partial charge in [0, 0.05) is 0 Å². The van der Waals surface area contributed by atoms with E-state index in [1.54, 1.807) is 35.6 Å². The van der Waals surface area contributed by atoms with Gasteiger partial charge in [-0.1, -0.05) is 35.5 Å². The first-order valence-corrected chi connectivity index (χ1v) is 8.12. The third-order valence-electron chi connectivity index (χ3n) is 4.12. The second kappa shape index (κ2) is 7.73. The van der Waals surface area contributed by atoms with Gasteiger partial charge in [-0.05, 0) is 55.5 Å². The molecule has 0 bridgehead atoms. The van der Waals surface area contributed by atoms with E-state index >= 15 is 0 Å². The van der Waals surface area contributed by atoms with Gasteiger partial charge in [0.15, 0.2) is 0 Å². The standard InChI is InChI=1S/C19H20N4O/c20-14-17-10-12-18(13-11-17)22-15-21-19(23(22)24)9-5-4-8-16-6-2-1-3-7-16/h1-3,6-7,10-13,15,19,24H,4-5,8-9H2. The highest BCUT2D eigenvalue weighted by Gasteiger charge is 2.26. The number of nitriles is 1. The van der Waals surface area contributed by atoms with Crippen LogP contribution in [0.4, 0.5) is 5.69 Å². The average molecular weight is 320 g/mol. The van der Waals surface area contributed by atoms with Crippen molar-refractivity contribution in [3.05, 3.63) is 65.7 Å². The summed E-state index contributed by atoms with van der Waals surface area (Å²) in [5.74, 6) is 0. The van der Waals surface area contributed by atoms with Gasteiger partial charge in [0.25, 0.3) is 0 Å². The summed E-state index contributed by atoms with van der Waals surface area (Å²) in [5.41, 5.74) is 2.72. The second-order valence-corrected chi connectivity index (χ2v) is 5.80. The fourth-order valence-electron chi connectivity index (χ4n) is 2.76. The van der Waals surface area contributed by atoms with Gasteiger partial charge in [0.2, 0.25) is 0 Å². The molecule has 2 aromatic carbocycles. The Hall–Kier alpha value is -2.68. The van der Waals surface area contributed by atoms with Crippen LogP contribution in [0, 0.1) is 11.3 Å². The van der Waals surface area contributed by atoms with Crippen LogP contribution in [0.15, 0.2) is 59.6 Å². The maximum absolute atomic E-state index is 10.3. The molecule has 24 heavy (non-hydrogen) atoms. The lowest BCUT2D eigenvalue weighted by atomic mass is 10.1. The zero-order chi connectivity index (χ0) is 16.8. The second-order valence-electron chi connectivity index (χ2n) is 5.80. The molecule has 2 aromatic rings. The lowest BCUT2D eigenvalue weighted by Crippen LogP contribution is -2.39. The number of rotatable bonds is 6.